The molecule has 0 spiro atoms. The minimum absolute atomic E-state index is 0.0849. The second-order valence-corrected chi connectivity index (χ2v) is 7.87. The Morgan fingerprint density at radius 3 is 2.50 bits per heavy atom. The Balaban J connectivity index is 1.35. The molecule has 28 heavy (non-hydrogen) atoms. The summed E-state index contributed by atoms with van der Waals surface area (Å²) in [6, 6.07) is 16.0. The fraction of sp³-hybridized carbons (Fsp3) is 0.286. The van der Waals surface area contributed by atoms with Gasteiger partial charge in [0.2, 0.25) is 5.95 Å². The van der Waals surface area contributed by atoms with Gasteiger partial charge < -0.3 is 15.1 Å². The molecule has 0 radical (unpaired) electrons. The number of rotatable bonds is 6. The molecule has 144 valence electrons. The summed E-state index contributed by atoms with van der Waals surface area (Å²) in [7, 11) is 0. The first-order chi connectivity index (χ1) is 13.8. The van der Waals surface area contributed by atoms with Crippen LogP contribution in [-0.2, 0) is 4.79 Å². The summed E-state index contributed by atoms with van der Waals surface area (Å²) in [4.78, 5) is 26.0. The zero-order chi connectivity index (χ0) is 19.2. The average Bonchev–Trinajstić information content (AvgIpc) is 3.28. The molecule has 0 bridgehead atoms. The van der Waals surface area contributed by atoms with E-state index in [0.29, 0.717) is 6.54 Å². The van der Waals surface area contributed by atoms with Crippen molar-refractivity contribution in [2.24, 2.45) is 0 Å². The van der Waals surface area contributed by atoms with Gasteiger partial charge in [0.15, 0.2) is 6.54 Å². The largest absolute Gasteiger partial charge is 0.339 e. The van der Waals surface area contributed by atoms with E-state index in [-0.39, 0.29) is 11.9 Å². The smallest absolute Gasteiger partial charge is 0.275 e. The summed E-state index contributed by atoms with van der Waals surface area (Å²) in [6.45, 7) is 4.01. The van der Waals surface area contributed by atoms with E-state index in [4.69, 9.17) is 0 Å². The van der Waals surface area contributed by atoms with Crippen LogP contribution in [0.2, 0.25) is 0 Å². The van der Waals surface area contributed by atoms with Crippen molar-refractivity contribution in [1.29, 1.82) is 0 Å². The van der Waals surface area contributed by atoms with Crippen molar-refractivity contribution in [3.05, 3.63) is 76.7 Å². The summed E-state index contributed by atoms with van der Waals surface area (Å²) in [5.41, 5.74) is 1.11. The summed E-state index contributed by atoms with van der Waals surface area (Å²) in [5.74, 6) is 0.856. The fourth-order valence-corrected chi connectivity index (χ4v) is 4.32. The number of benzene rings is 1. The van der Waals surface area contributed by atoms with Gasteiger partial charge in [-0.05, 0) is 23.1 Å². The van der Waals surface area contributed by atoms with Crippen molar-refractivity contribution in [3.63, 3.8) is 0 Å². The number of quaternary nitrogens is 1. The van der Waals surface area contributed by atoms with Crippen LogP contribution < -0.4 is 15.1 Å². The van der Waals surface area contributed by atoms with E-state index < -0.39 is 0 Å². The Morgan fingerprint density at radius 1 is 1.07 bits per heavy atom. The number of hydrogen-bond acceptors (Lipinski definition) is 5. The molecule has 0 saturated carbocycles. The molecule has 1 fully saturated rings. The monoisotopic (exact) mass is 394 g/mol. The molecule has 1 aliphatic heterocycles. The van der Waals surface area contributed by atoms with Crippen LogP contribution in [0.4, 0.5) is 5.95 Å². The van der Waals surface area contributed by atoms with Crippen molar-refractivity contribution in [1.82, 2.24) is 15.3 Å². The molecule has 2 N–H and O–H groups in total. The van der Waals surface area contributed by atoms with Crippen LogP contribution in [0, 0.1) is 0 Å². The van der Waals surface area contributed by atoms with Gasteiger partial charge in [-0.1, -0.05) is 36.4 Å². The molecule has 0 aliphatic carbocycles. The highest BCUT2D eigenvalue weighted by Gasteiger charge is 2.25. The third-order valence-corrected chi connectivity index (χ3v) is 5.92. The second-order valence-electron chi connectivity index (χ2n) is 6.89. The number of amides is 1. The molecule has 3 aromatic rings. The number of thiophene rings is 1. The van der Waals surface area contributed by atoms with Gasteiger partial charge in [0.25, 0.3) is 5.91 Å². The van der Waals surface area contributed by atoms with E-state index >= 15 is 0 Å². The van der Waals surface area contributed by atoms with Gasteiger partial charge in [-0.3, -0.25) is 4.79 Å². The Morgan fingerprint density at radius 2 is 1.82 bits per heavy atom. The summed E-state index contributed by atoms with van der Waals surface area (Å²) in [6.07, 6.45) is 3.53. The third kappa shape index (κ3) is 4.55. The molecule has 0 unspecified atom stereocenters. The number of nitrogens with one attached hydrogen (secondary N) is 2. The van der Waals surface area contributed by atoms with Crippen LogP contribution in [0.5, 0.6) is 0 Å². The molecule has 1 aliphatic rings. The van der Waals surface area contributed by atoms with Gasteiger partial charge in [-0.2, -0.15) is 0 Å². The van der Waals surface area contributed by atoms with Crippen LogP contribution in [0.15, 0.2) is 66.3 Å². The highest BCUT2D eigenvalue weighted by atomic mass is 32.1. The van der Waals surface area contributed by atoms with Gasteiger partial charge in [0, 0.05) is 17.3 Å². The number of piperazine rings is 1. The quantitative estimate of drug-likeness (QED) is 0.658. The third-order valence-electron chi connectivity index (χ3n) is 4.98. The number of nitrogens with zero attached hydrogens (tertiary/aromatic N) is 3. The highest BCUT2D eigenvalue weighted by molar-refractivity contribution is 7.10. The zero-order valence-electron chi connectivity index (χ0n) is 15.6. The van der Waals surface area contributed by atoms with Crippen LogP contribution in [-0.4, -0.2) is 48.6 Å². The van der Waals surface area contributed by atoms with Gasteiger partial charge in [-0.25, -0.2) is 9.97 Å². The number of aromatic nitrogens is 2. The summed E-state index contributed by atoms with van der Waals surface area (Å²) in [5, 5.41) is 5.29. The first-order valence-corrected chi connectivity index (χ1v) is 10.4. The van der Waals surface area contributed by atoms with Crippen molar-refractivity contribution in [2.75, 3.05) is 37.6 Å². The van der Waals surface area contributed by atoms with Crippen molar-refractivity contribution in [3.8, 4) is 0 Å². The molecule has 1 amide bonds. The first kappa shape index (κ1) is 18.6. The Hall–Kier alpha value is -2.77. The van der Waals surface area contributed by atoms with E-state index in [0.717, 1.165) is 42.6 Å². The molecule has 6 nitrogen and oxygen atoms in total. The number of hydrogen-bond donors (Lipinski definition) is 2. The topological polar surface area (TPSA) is 62.6 Å². The maximum Gasteiger partial charge on any atom is 0.275 e. The summed E-state index contributed by atoms with van der Waals surface area (Å²) >= 11 is 1.67. The predicted octanol–water partition coefficient (Wildman–Crippen LogP) is 1.15. The molecule has 7 heteroatoms. The number of carbonyl (C=O) groups is 1. The molecule has 1 aromatic carbocycles. The van der Waals surface area contributed by atoms with E-state index in [9.17, 15) is 4.79 Å². The van der Waals surface area contributed by atoms with E-state index in [2.05, 4.69) is 38.4 Å². The standard InChI is InChI=1S/C21H23N5OS/c27-19(16-25-11-13-26(14-12-25)21-22-9-5-10-23-21)24-20(18-8-4-15-28-18)17-6-2-1-3-7-17/h1-10,15,20H,11-14,16H2,(H,24,27)/p+1/t20-/m1/s1. The minimum atomic E-state index is -0.0906. The maximum atomic E-state index is 12.8. The highest BCUT2D eigenvalue weighted by Crippen LogP contribution is 2.25. The SMILES string of the molecule is O=C(C[NH+]1CCN(c2ncccn2)CC1)N[C@H](c1ccccc1)c1cccs1. The second kappa shape index (κ2) is 8.95. The lowest BCUT2D eigenvalue weighted by Crippen LogP contribution is -3.16. The lowest BCUT2D eigenvalue weighted by molar-refractivity contribution is -0.892. The van der Waals surface area contributed by atoms with Crippen LogP contribution in [0.3, 0.4) is 0 Å². The van der Waals surface area contributed by atoms with Gasteiger partial charge in [-0.15, -0.1) is 11.3 Å². The zero-order valence-corrected chi connectivity index (χ0v) is 16.4. The van der Waals surface area contributed by atoms with E-state index in [1.165, 1.54) is 4.90 Å². The van der Waals surface area contributed by atoms with Crippen molar-refractivity contribution >= 4 is 23.2 Å². The van der Waals surface area contributed by atoms with Crippen LogP contribution >= 0.6 is 11.3 Å². The van der Waals surface area contributed by atoms with Crippen molar-refractivity contribution < 1.29 is 9.69 Å². The minimum Gasteiger partial charge on any atom is -0.339 e. The normalized spacial score (nSPS) is 15.9. The number of carbonyl (C=O) groups excluding carboxylic acids is 1. The molecule has 1 atom stereocenters. The van der Waals surface area contributed by atoms with Gasteiger partial charge in [0.1, 0.15) is 0 Å². The van der Waals surface area contributed by atoms with Gasteiger partial charge >= 0.3 is 0 Å². The average molecular weight is 395 g/mol. The Labute approximate surface area is 168 Å². The first-order valence-electron chi connectivity index (χ1n) is 9.53. The van der Waals surface area contributed by atoms with Crippen LogP contribution in [0.25, 0.3) is 0 Å². The molecule has 4 rings (SSSR count). The summed E-state index contributed by atoms with van der Waals surface area (Å²) < 4.78 is 0. The van der Waals surface area contributed by atoms with Gasteiger partial charge in [0.05, 0.1) is 32.2 Å². The van der Waals surface area contributed by atoms with Crippen LogP contribution in [0.1, 0.15) is 16.5 Å². The Bertz CT molecular complexity index is 864. The fourth-order valence-electron chi connectivity index (χ4n) is 3.51. The molecular weight excluding hydrogens is 370 g/mol. The predicted molar refractivity (Wildman–Crippen MR) is 111 cm³/mol. The Kier molecular flexibility index (Phi) is 5.94. The molecular formula is C21H24N5OS+. The molecule has 2 aromatic heterocycles. The lowest BCUT2D eigenvalue weighted by Gasteiger charge is -2.32. The molecule has 1 saturated heterocycles. The van der Waals surface area contributed by atoms with E-state index in [1.54, 1.807) is 23.7 Å². The number of anilines is 1. The van der Waals surface area contributed by atoms with Crippen molar-refractivity contribution in [2.45, 2.75) is 6.04 Å². The lowest BCUT2D eigenvalue weighted by atomic mass is 10.1. The molecule has 3 heterocycles. The maximum absolute atomic E-state index is 12.8. The van der Waals surface area contributed by atoms with E-state index in [1.807, 2.05) is 35.7 Å².